The lowest BCUT2D eigenvalue weighted by Crippen LogP contribution is -2.43. The second-order valence-corrected chi connectivity index (χ2v) is 7.81. The molecule has 0 saturated heterocycles. The van der Waals surface area contributed by atoms with Crippen LogP contribution < -0.4 is 15.6 Å². The third-order valence-corrected chi connectivity index (χ3v) is 5.17. The number of carbonyl (C=O) groups excluding carboxylic acids is 2. The molecule has 0 aliphatic rings. The SMILES string of the molecule is O=C(CCc1ncc(-c2ccc(Cl)cc2)o1)NNC(=O)COc1ccccc1-c1ccccc1. The van der Waals surface area contributed by atoms with Crippen molar-refractivity contribution >= 4 is 23.4 Å². The highest BCUT2D eigenvalue weighted by molar-refractivity contribution is 6.30. The van der Waals surface area contributed by atoms with Gasteiger partial charge in [-0.2, -0.15) is 0 Å². The van der Waals surface area contributed by atoms with Gasteiger partial charge in [-0.3, -0.25) is 20.4 Å². The van der Waals surface area contributed by atoms with Gasteiger partial charge in [0.15, 0.2) is 18.3 Å². The van der Waals surface area contributed by atoms with E-state index in [0.29, 0.717) is 22.4 Å². The third kappa shape index (κ3) is 6.24. The second-order valence-electron chi connectivity index (χ2n) is 7.37. The molecule has 0 radical (unpaired) electrons. The molecular formula is C26H22ClN3O4. The van der Waals surface area contributed by atoms with Crippen molar-refractivity contribution in [2.24, 2.45) is 0 Å². The molecule has 34 heavy (non-hydrogen) atoms. The molecule has 172 valence electrons. The van der Waals surface area contributed by atoms with Crippen LogP contribution >= 0.6 is 11.6 Å². The van der Waals surface area contributed by atoms with Crippen molar-refractivity contribution in [1.29, 1.82) is 0 Å². The van der Waals surface area contributed by atoms with Crippen LogP contribution in [0.4, 0.5) is 0 Å². The van der Waals surface area contributed by atoms with Crippen molar-refractivity contribution in [2.75, 3.05) is 6.61 Å². The molecule has 2 N–H and O–H groups in total. The largest absolute Gasteiger partial charge is 0.483 e. The number of amides is 2. The van der Waals surface area contributed by atoms with Gasteiger partial charge in [-0.1, -0.05) is 60.1 Å². The predicted octanol–water partition coefficient (Wildman–Crippen LogP) is 4.82. The molecule has 0 aliphatic carbocycles. The lowest BCUT2D eigenvalue weighted by atomic mass is 10.1. The van der Waals surface area contributed by atoms with Crippen molar-refractivity contribution in [3.05, 3.63) is 96.0 Å². The molecule has 4 aromatic rings. The number of rotatable bonds is 8. The summed E-state index contributed by atoms with van der Waals surface area (Å²) in [5.41, 5.74) is 7.44. The zero-order valence-corrected chi connectivity index (χ0v) is 18.9. The van der Waals surface area contributed by atoms with Gasteiger partial charge in [0, 0.05) is 29.0 Å². The minimum absolute atomic E-state index is 0.0958. The normalized spacial score (nSPS) is 10.5. The lowest BCUT2D eigenvalue weighted by molar-refractivity contribution is -0.130. The Morgan fingerprint density at radius 3 is 2.35 bits per heavy atom. The van der Waals surface area contributed by atoms with E-state index < -0.39 is 5.91 Å². The summed E-state index contributed by atoms with van der Waals surface area (Å²) in [7, 11) is 0. The molecule has 7 nitrogen and oxygen atoms in total. The average molecular weight is 476 g/mol. The molecule has 2 amide bonds. The van der Waals surface area contributed by atoms with Crippen molar-refractivity contribution in [2.45, 2.75) is 12.8 Å². The van der Waals surface area contributed by atoms with Crippen molar-refractivity contribution in [1.82, 2.24) is 15.8 Å². The minimum Gasteiger partial charge on any atom is -0.483 e. The summed E-state index contributed by atoms with van der Waals surface area (Å²) in [5.74, 6) is 0.748. The van der Waals surface area contributed by atoms with Crippen molar-refractivity contribution in [3.8, 4) is 28.2 Å². The highest BCUT2D eigenvalue weighted by Gasteiger charge is 2.11. The molecule has 1 heterocycles. The van der Waals surface area contributed by atoms with Crippen molar-refractivity contribution < 1.29 is 18.7 Å². The monoisotopic (exact) mass is 475 g/mol. The maximum absolute atomic E-state index is 12.1. The number of ether oxygens (including phenoxy) is 1. The van der Waals surface area contributed by atoms with E-state index in [0.717, 1.165) is 16.7 Å². The van der Waals surface area contributed by atoms with E-state index in [2.05, 4.69) is 15.8 Å². The van der Waals surface area contributed by atoms with Crippen LogP contribution in [0.25, 0.3) is 22.5 Å². The molecule has 1 aromatic heterocycles. The Morgan fingerprint density at radius 2 is 1.56 bits per heavy atom. The first-order valence-electron chi connectivity index (χ1n) is 10.6. The van der Waals surface area contributed by atoms with Gasteiger partial charge in [0.1, 0.15) is 5.75 Å². The molecule has 0 unspecified atom stereocenters. The van der Waals surface area contributed by atoms with E-state index in [1.807, 2.05) is 60.7 Å². The smallest absolute Gasteiger partial charge is 0.276 e. The van der Waals surface area contributed by atoms with Crippen LogP contribution in [0.5, 0.6) is 5.75 Å². The molecule has 0 spiro atoms. The second kappa shape index (κ2) is 11.2. The Bertz CT molecular complexity index is 1260. The Morgan fingerprint density at radius 1 is 0.853 bits per heavy atom. The summed E-state index contributed by atoms with van der Waals surface area (Å²) in [6, 6.07) is 24.4. The molecule has 0 fully saturated rings. The molecule has 4 rings (SSSR count). The number of aryl methyl sites for hydroxylation is 1. The number of nitrogens with zero attached hydrogens (tertiary/aromatic N) is 1. The fourth-order valence-corrected chi connectivity index (χ4v) is 3.35. The minimum atomic E-state index is -0.475. The van der Waals surface area contributed by atoms with Crippen LogP contribution in [0.2, 0.25) is 5.02 Å². The average Bonchev–Trinajstić information content (AvgIpc) is 3.35. The Kier molecular flexibility index (Phi) is 7.57. The fraction of sp³-hybridized carbons (Fsp3) is 0.115. The van der Waals surface area contributed by atoms with Gasteiger partial charge in [-0.05, 0) is 35.9 Å². The first-order chi connectivity index (χ1) is 16.6. The van der Waals surface area contributed by atoms with E-state index in [4.69, 9.17) is 20.8 Å². The van der Waals surface area contributed by atoms with E-state index in [1.54, 1.807) is 24.4 Å². The first-order valence-corrected chi connectivity index (χ1v) is 11.0. The van der Waals surface area contributed by atoms with Crippen LogP contribution in [-0.2, 0) is 16.0 Å². The van der Waals surface area contributed by atoms with Gasteiger partial charge in [-0.15, -0.1) is 0 Å². The summed E-state index contributed by atoms with van der Waals surface area (Å²) in [5, 5.41) is 0.632. The number of aromatic nitrogens is 1. The first kappa shape index (κ1) is 23.1. The van der Waals surface area contributed by atoms with Gasteiger partial charge < -0.3 is 9.15 Å². The van der Waals surface area contributed by atoms with Crippen molar-refractivity contribution in [3.63, 3.8) is 0 Å². The summed E-state index contributed by atoms with van der Waals surface area (Å²) in [4.78, 5) is 28.4. The standard InChI is InChI=1S/C26H22ClN3O4/c27-20-12-10-19(11-13-20)23-16-28-26(34-23)15-14-24(31)29-30-25(32)17-33-22-9-5-4-8-21(22)18-6-2-1-3-7-18/h1-13,16H,14-15,17H2,(H,29,31)(H,30,32). The number of nitrogens with one attached hydrogen (secondary N) is 2. The fourth-order valence-electron chi connectivity index (χ4n) is 3.22. The van der Waals surface area contributed by atoms with Gasteiger partial charge in [0.2, 0.25) is 5.91 Å². The maximum atomic E-state index is 12.1. The number of halogens is 1. The Hall–Kier alpha value is -4.10. The Balaban J connectivity index is 1.22. The molecule has 3 aromatic carbocycles. The molecule has 0 aliphatic heterocycles. The summed E-state index contributed by atoms with van der Waals surface area (Å²) >= 11 is 5.90. The quantitative estimate of drug-likeness (QED) is 0.356. The van der Waals surface area contributed by atoms with E-state index in [1.165, 1.54) is 0 Å². The van der Waals surface area contributed by atoms with Gasteiger partial charge in [0.25, 0.3) is 5.91 Å². The molecular weight excluding hydrogens is 454 g/mol. The maximum Gasteiger partial charge on any atom is 0.276 e. The van der Waals surface area contributed by atoms with Crippen LogP contribution in [0.15, 0.2) is 89.5 Å². The number of carbonyl (C=O) groups is 2. The van der Waals surface area contributed by atoms with Crippen LogP contribution in [0.1, 0.15) is 12.3 Å². The zero-order chi connectivity index (χ0) is 23.8. The molecule has 0 atom stereocenters. The summed E-state index contributed by atoms with van der Waals surface area (Å²) < 4.78 is 11.3. The van der Waals surface area contributed by atoms with Crippen LogP contribution in [0.3, 0.4) is 0 Å². The van der Waals surface area contributed by atoms with Crippen LogP contribution in [-0.4, -0.2) is 23.4 Å². The zero-order valence-electron chi connectivity index (χ0n) is 18.2. The van der Waals surface area contributed by atoms with E-state index in [-0.39, 0.29) is 25.4 Å². The van der Waals surface area contributed by atoms with Crippen LogP contribution in [0, 0.1) is 0 Å². The van der Waals surface area contributed by atoms with Gasteiger partial charge >= 0.3 is 0 Å². The number of para-hydroxylation sites is 1. The molecule has 0 saturated carbocycles. The van der Waals surface area contributed by atoms with Gasteiger partial charge in [-0.25, -0.2) is 4.98 Å². The number of hydrogen-bond acceptors (Lipinski definition) is 5. The topological polar surface area (TPSA) is 93.5 Å². The highest BCUT2D eigenvalue weighted by atomic mass is 35.5. The predicted molar refractivity (Wildman–Crippen MR) is 129 cm³/mol. The number of benzene rings is 3. The highest BCUT2D eigenvalue weighted by Crippen LogP contribution is 2.29. The Labute approximate surface area is 201 Å². The summed E-state index contributed by atoms with van der Waals surface area (Å²) in [6.45, 7) is -0.242. The lowest BCUT2D eigenvalue weighted by Gasteiger charge is -2.12. The number of oxazole rings is 1. The summed E-state index contributed by atoms with van der Waals surface area (Å²) in [6.07, 6.45) is 1.98. The van der Waals surface area contributed by atoms with E-state index in [9.17, 15) is 9.59 Å². The van der Waals surface area contributed by atoms with Gasteiger partial charge in [0.05, 0.1) is 6.20 Å². The molecule has 8 heteroatoms. The molecule has 0 bridgehead atoms. The third-order valence-electron chi connectivity index (χ3n) is 4.92. The number of hydrogen-bond donors (Lipinski definition) is 2. The van der Waals surface area contributed by atoms with E-state index >= 15 is 0 Å². The number of hydrazine groups is 1.